The molecule has 0 N–H and O–H groups in total. The van der Waals surface area contributed by atoms with E-state index in [0.29, 0.717) is 0 Å². The average molecular weight is 266 g/mol. The van der Waals surface area contributed by atoms with Crippen molar-refractivity contribution in [2.24, 2.45) is 7.05 Å². The molecule has 1 radical (unpaired) electrons. The molecule has 0 saturated carbocycles. The second kappa shape index (κ2) is 4.06. The smallest absolute Gasteiger partial charge is 0.128 e. The van der Waals surface area contributed by atoms with Gasteiger partial charge in [0.05, 0.1) is 23.5 Å². The predicted molar refractivity (Wildman–Crippen MR) is 61.7 cm³/mol. The van der Waals surface area contributed by atoms with Gasteiger partial charge in [0.15, 0.2) is 0 Å². The molecule has 0 spiro atoms. The van der Waals surface area contributed by atoms with E-state index in [9.17, 15) is 0 Å². The van der Waals surface area contributed by atoms with Gasteiger partial charge in [-0.3, -0.25) is 4.68 Å². The third-order valence-electron chi connectivity index (χ3n) is 2.19. The lowest BCUT2D eigenvalue weighted by atomic mass is 10.1. The average Bonchev–Trinajstić information content (AvgIpc) is 2.59. The molecule has 2 aromatic rings. The van der Waals surface area contributed by atoms with Crippen LogP contribution in [0.15, 0.2) is 28.9 Å². The maximum Gasteiger partial charge on any atom is 0.128 e. The van der Waals surface area contributed by atoms with Crippen molar-refractivity contribution in [2.45, 2.75) is 0 Å². The minimum absolute atomic E-state index is 0.818. The summed E-state index contributed by atoms with van der Waals surface area (Å²) >= 11 is 3.46. The first kappa shape index (κ1) is 10.2. The van der Waals surface area contributed by atoms with Crippen molar-refractivity contribution in [3.05, 3.63) is 34.9 Å². The maximum atomic E-state index is 5.30. The summed E-state index contributed by atoms with van der Waals surface area (Å²) in [5, 5.41) is 4.17. The Balaban J connectivity index is 2.63. The first-order valence-electron chi connectivity index (χ1n) is 4.46. The number of nitrogens with zero attached hydrogens (tertiary/aromatic N) is 2. The van der Waals surface area contributed by atoms with E-state index in [2.05, 4.69) is 27.1 Å². The van der Waals surface area contributed by atoms with E-state index < -0.39 is 0 Å². The molecule has 0 unspecified atom stereocenters. The molecule has 0 aliphatic heterocycles. The summed E-state index contributed by atoms with van der Waals surface area (Å²) in [4.78, 5) is 0. The highest BCUT2D eigenvalue weighted by molar-refractivity contribution is 9.10. The number of halogens is 1. The first-order chi connectivity index (χ1) is 7.24. The van der Waals surface area contributed by atoms with Crippen LogP contribution in [0.4, 0.5) is 0 Å². The minimum atomic E-state index is 0.818. The van der Waals surface area contributed by atoms with Gasteiger partial charge in [-0.2, -0.15) is 5.10 Å². The van der Waals surface area contributed by atoms with Crippen LogP contribution in [0.3, 0.4) is 0 Å². The molecule has 1 aromatic carbocycles. The largest absolute Gasteiger partial charge is 0.496 e. The lowest BCUT2D eigenvalue weighted by Crippen LogP contribution is -1.96. The normalized spacial score (nSPS) is 10.3. The number of aryl methyl sites for hydroxylation is 1. The van der Waals surface area contributed by atoms with Crippen LogP contribution in [0.5, 0.6) is 5.75 Å². The summed E-state index contributed by atoms with van der Waals surface area (Å²) in [6.07, 6.45) is 1.77. The molecular weight excluding hydrogens is 256 g/mol. The third kappa shape index (κ3) is 1.77. The standard InChI is InChI=1S/C11H10BrN2O/c1-14-11(9(12)7-13-14)8-5-3-4-6-10(8)15-2/h4-7H,1-2H3. The van der Waals surface area contributed by atoms with Crippen molar-refractivity contribution in [3.8, 4) is 17.0 Å². The van der Waals surface area contributed by atoms with Gasteiger partial charge in [-0.25, -0.2) is 0 Å². The van der Waals surface area contributed by atoms with Crippen molar-refractivity contribution >= 4 is 15.9 Å². The maximum absolute atomic E-state index is 5.30. The minimum Gasteiger partial charge on any atom is -0.496 e. The van der Waals surface area contributed by atoms with E-state index in [1.165, 1.54) is 0 Å². The van der Waals surface area contributed by atoms with Crippen molar-refractivity contribution in [3.63, 3.8) is 0 Å². The number of ether oxygens (including phenoxy) is 1. The summed E-state index contributed by atoms with van der Waals surface area (Å²) in [6, 6.07) is 8.64. The Morgan fingerprint density at radius 3 is 2.93 bits per heavy atom. The van der Waals surface area contributed by atoms with Crippen molar-refractivity contribution in [2.75, 3.05) is 7.11 Å². The zero-order chi connectivity index (χ0) is 10.8. The highest BCUT2D eigenvalue weighted by Crippen LogP contribution is 2.33. The van der Waals surface area contributed by atoms with Gasteiger partial charge in [0.1, 0.15) is 5.75 Å². The van der Waals surface area contributed by atoms with Gasteiger partial charge in [0.2, 0.25) is 0 Å². The zero-order valence-corrected chi connectivity index (χ0v) is 10.1. The van der Waals surface area contributed by atoms with E-state index in [1.54, 1.807) is 18.0 Å². The topological polar surface area (TPSA) is 27.1 Å². The van der Waals surface area contributed by atoms with Crippen LogP contribution in [-0.4, -0.2) is 16.9 Å². The summed E-state index contributed by atoms with van der Waals surface area (Å²) in [6.45, 7) is 0. The van der Waals surface area contributed by atoms with Crippen molar-refractivity contribution < 1.29 is 4.74 Å². The molecule has 0 fully saturated rings. The molecule has 0 amide bonds. The zero-order valence-electron chi connectivity index (χ0n) is 8.49. The SMILES string of the molecule is COc1cc[c]cc1-c1c(Br)cnn1C. The Hall–Kier alpha value is -1.29. The number of methoxy groups -OCH3 is 1. The summed E-state index contributed by atoms with van der Waals surface area (Å²) in [7, 11) is 3.55. The fourth-order valence-electron chi connectivity index (χ4n) is 1.49. The van der Waals surface area contributed by atoms with Crippen LogP contribution in [0.2, 0.25) is 0 Å². The van der Waals surface area contributed by atoms with Gasteiger partial charge in [-0.1, -0.05) is 6.07 Å². The Kier molecular flexibility index (Phi) is 2.77. The van der Waals surface area contributed by atoms with Crippen LogP contribution in [0.25, 0.3) is 11.3 Å². The molecule has 15 heavy (non-hydrogen) atoms. The number of hydrogen-bond donors (Lipinski definition) is 0. The monoisotopic (exact) mass is 265 g/mol. The molecule has 2 rings (SSSR count). The van der Waals surface area contributed by atoms with Gasteiger partial charge in [-0.05, 0) is 34.1 Å². The molecule has 3 nitrogen and oxygen atoms in total. The van der Waals surface area contributed by atoms with Crippen molar-refractivity contribution in [1.82, 2.24) is 9.78 Å². The fourth-order valence-corrected chi connectivity index (χ4v) is 2.05. The molecular formula is C11H10BrN2O. The number of benzene rings is 1. The van der Waals surface area contributed by atoms with Crippen LogP contribution < -0.4 is 4.74 Å². The Morgan fingerprint density at radius 1 is 1.53 bits per heavy atom. The van der Waals surface area contributed by atoms with Crippen LogP contribution in [0.1, 0.15) is 0 Å². The molecule has 0 aliphatic carbocycles. The second-order valence-corrected chi connectivity index (χ2v) is 3.95. The highest BCUT2D eigenvalue weighted by atomic mass is 79.9. The molecule has 0 atom stereocenters. The van der Waals surface area contributed by atoms with Gasteiger partial charge in [-0.15, -0.1) is 0 Å². The van der Waals surface area contributed by atoms with E-state index in [0.717, 1.165) is 21.5 Å². The Labute approximate surface area is 96.8 Å². The van der Waals surface area contributed by atoms with Gasteiger partial charge < -0.3 is 4.74 Å². The summed E-state index contributed by atoms with van der Waals surface area (Å²) in [5.74, 6) is 0.818. The third-order valence-corrected chi connectivity index (χ3v) is 2.77. The molecule has 1 aromatic heterocycles. The lowest BCUT2D eigenvalue weighted by Gasteiger charge is -2.08. The second-order valence-electron chi connectivity index (χ2n) is 3.09. The number of hydrogen-bond acceptors (Lipinski definition) is 2. The Morgan fingerprint density at radius 2 is 2.33 bits per heavy atom. The first-order valence-corrected chi connectivity index (χ1v) is 5.25. The van der Waals surface area contributed by atoms with E-state index in [-0.39, 0.29) is 0 Å². The van der Waals surface area contributed by atoms with Crippen molar-refractivity contribution in [1.29, 1.82) is 0 Å². The highest BCUT2D eigenvalue weighted by Gasteiger charge is 2.12. The van der Waals surface area contributed by atoms with E-state index >= 15 is 0 Å². The molecule has 0 aliphatic rings. The van der Waals surface area contributed by atoms with Gasteiger partial charge >= 0.3 is 0 Å². The van der Waals surface area contributed by atoms with Crippen LogP contribution in [0, 0.1) is 6.07 Å². The molecule has 0 saturated heterocycles. The fraction of sp³-hybridized carbons (Fsp3) is 0.182. The predicted octanol–water partition coefficient (Wildman–Crippen LogP) is 2.66. The lowest BCUT2D eigenvalue weighted by molar-refractivity contribution is 0.416. The molecule has 4 heteroatoms. The number of rotatable bonds is 2. The molecule has 1 heterocycles. The summed E-state index contributed by atoms with van der Waals surface area (Å²) in [5.41, 5.74) is 1.97. The van der Waals surface area contributed by atoms with Crippen LogP contribution >= 0.6 is 15.9 Å². The quantitative estimate of drug-likeness (QED) is 0.835. The molecule has 77 valence electrons. The van der Waals surface area contributed by atoms with E-state index in [4.69, 9.17) is 4.74 Å². The van der Waals surface area contributed by atoms with Gasteiger partial charge in [0.25, 0.3) is 0 Å². The van der Waals surface area contributed by atoms with E-state index in [1.807, 2.05) is 25.2 Å². The Bertz CT molecular complexity index is 460. The number of aromatic nitrogens is 2. The summed E-state index contributed by atoms with van der Waals surface area (Å²) < 4.78 is 8.05. The molecule has 0 bridgehead atoms. The van der Waals surface area contributed by atoms with Crippen LogP contribution in [-0.2, 0) is 7.05 Å². The van der Waals surface area contributed by atoms with Gasteiger partial charge in [0, 0.05) is 12.6 Å².